The lowest BCUT2D eigenvalue weighted by molar-refractivity contribution is -0.115. The summed E-state index contributed by atoms with van der Waals surface area (Å²) in [7, 11) is 0. The SMILES string of the molecule is Cc1ccc(NC(=O)Cc2noc(CCc3nnc(CN)s3)n2)cc1. The van der Waals surface area contributed by atoms with Gasteiger partial charge >= 0.3 is 0 Å². The van der Waals surface area contributed by atoms with E-state index in [0.717, 1.165) is 21.3 Å². The third-order valence-corrected chi connectivity index (χ3v) is 4.41. The number of nitrogens with zero attached hydrogens (tertiary/aromatic N) is 4. The van der Waals surface area contributed by atoms with Gasteiger partial charge in [0.1, 0.15) is 10.0 Å². The summed E-state index contributed by atoms with van der Waals surface area (Å²) in [5, 5.41) is 16.3. The van der Waals surface area contributed by atoms with E-state index in [0.29, 0.717) is 31.1 Å². The number of amides is 1. The summed E-state index contributed by atoms with van der Waals surface area (Å²) >= 11 is 1.47. The van der Waals surface area contributed by atoms with Gasteiger partial charge in [0.15, 0.2) is 5.82 Å². The van der Waals surface area contributed by atoms with Crippen molar-refractivity contribution in [3.8, 4) is 0 Å². The Kier molecular flexibility index (Phi) is 5.46. The van der Waals surface area contributed by atoms with Crippen molar-refractivity contribution < 1.29 is 9.32 Å². The van der Waals surface area contributed by atoms with E-state index in [1.54, 1.807) is 0 Å². The smallest absolute Gasteiger partial charge is 0.232 e. The van der Waals surface area contributed by atoms with E-state index in [1.807, 2.05) is 31.2 Å². The van der Waals surface area contributed by atoms with Crippen LogP contribution in [-0.2, 0) is 30.6 Å². The second-order valence-electron chi connectivity index (χ2n) is 5.49. The number of nitrogens with two attached hydrogens (primary N) is 1. The molecule has 0 saturated carbocycles. The molecule has 0 spiro atoms. The lowest BCUT2D eigenvalue weighted by Gasteiger charge is -2.03. The Bertz CT molecular complexity index is 842. The number of aromatic nitrogens is 4. The van der Waals surface area contributed by atoms with Crippen molar-refractivity contribution in [2.45, 2.75) is 32.7 Å². The first kappa shape index (κ1) is 17.2. The fourth-order valence-electron chi connectivity index (χ4n) is 2.13. The van der Waals surface area contributed by atoms with Gasteiger partial charge < -0.3 is 15.6 Å². The lowest BCUT2D eigenvalue weighted by atomic mass is 10.2. The summed E-state index contributed by atoms with van der Waals surface area (Å²) < 4.78 is 5.18. The van der Waals surface area contributed by atoms with Gasteiger partial charge in [0.25, 0.3) is 0 Å². The highest BCUT2D eigenvalue weighted by Crippen LogP contribution is 2.12. The van der Waals surface area contributed by atoms with Crippen molar-refractivity contribution >= 4 is 22.9 Å². The van der Waals surface area contributed by atoms with Gasteiger partial charge in [-0.2, -0.15) is 4.98 Å². The second-order valence-corrected chi connectivity index (χ2v) is 6.64. The van der Waals surface area contributed by atoms with Crippen LogP contribution in [0.15, 0.2) is 28.8 Å². The van der Waals surface area contributed by atoms with Crippen LogP contribution in [0, 0.1) is 6.92 Å². The normalized spacial score (nSPS) is 10.8. The van der Waals surface area contributed by atoms with Crippen LogP contribution in [0.4, 0.5) is 5.69 Å². The number of anilines is 1. The monoisotopic (exact) mass is 358 g/mol. The third-order valence-electron chi connectivity index (χ3n) is 3.40. The molecule has 0 aliphatic carbocycles. The van der Waals surface area contributed by atoms with E-state index >= 15 is 0 Å². The third kappa shape index (κ3) is 4.91. The molecule has 2 aromatic heterocycles. The molecule has 3 rings (SSSR count). The van der Waals surface area contributed by atoms with Crippen LogP contribution < -0.4 is 11.1 Å². The number of rotatable bonds is 7. The Hall–Kier alpha value is -2.65. The van der Waals surface area contributed by atoms with Crippen LogP contribution in [0.5, 0.6) is 0 Å². The van der Waals surface area contributed by atoms with Gasteiger partial charge in [0, 0.05) is 25.1 Å². The lowest BCUT2D eigenvalue weighted by Crippen LogP contribution is -2.15. The van der Waals surface area contributed by atoms with Gasteiger partial charge in [0.05, 0.1) is 6.42 Å². The highest BCUT2D eigenvalue weighted by molar-refractivity contribution is 7.11. The van der Waals surface area contributed by atoms with E-state index in [9.17, 15) is 4.79 Å². The molecule has 25 heavy (non-hydrogen) atoms. The fraction of sp³-hybridized carbons (Fsp3) is 0.312. The zero-order chi connectivity index (χ0) is 17.6. The molecule has 130 valence electrons. The van der Waals surface area contributed by atoms with Crippen molar-refractivity contribution in [1.82, 2.24) is 20.3 Å². The van der Waals surface area contributed by atoms with Crippen molar-refractivity contribution in [2.75, 3.05) is 5.32 Å². The van der Waals surface area contributed by atoms with Crippen molar-refractivity contribution in [3.05, 3.63) is 51.6 Å². The molecule has 0 atom stereocenters. The maximum absolute atomic E-state index is 12.0. The molecule has 1 amide bonds. The summed E-state index contributed by atoms with van der Waals surface area (Å²) in [6.07, 6.45) is 1.26. The summed E-state index contributed by atoms with van der Waals surface area (Å²) in [5.74, 6) is 0.648. The maximum Gasteiger partial charge on any atom is 0.232 e. The summed E-state index contributed by atoms with van der Waals surface area (Å²) in [6.45, 7) is 2.38. The number of aryl methyl sites for hydroxylation is 3. The van der Waals surface area contributed by atoms with Crippen molar-refractivity contribution in [3.63, 3.8) is 0 Å². The van der Waals surface area contributed by atoms with Gasteiger partial charge in [-0.25, -0.2) is 0 Å². The van der Waals surface area contributed by atoms with Gasteiger partial charge in [-0.1, -0.05) is 22.9 Å². The van der Waals surface area contributed by atoms with Crippen LogP contribution in [0.2, 0.25) is 0 Å². The molecule has 9 heteroatoms. The van der Waals surface area contributed by atoms with E-state index in [1.165, 1.54) is 11.3 Å². The van der Waals surface area contributed by atoms with Gasteiger partial charge in [-0.15, -0.1) is 21.5 Å². The molecule has 3 N–H and O–H groups in total. The molecule has 0 radical (unpaired) electrons. The number of hydrogen-bond acceptors (Lipinski definition) is 8. The Morgan fingerprint density at radius 3 is 2.68 bits per heavy atom. The quantitative estimate of drug-likeness (QED) is 0.659. The summed E-state index contributed by atoms with van der Waals surface area (Å²) in [4.78, 5) is 16.3. The Morgan fingerprint density at radius 2 is 1.96 bits per heavy atom. The Labute approximate surface area is 148 Å². The number of carbonyl (C=O) groups is 1. The van der Waals surface area contributed by atoms with Crippen LogP contribution in [-0.4, -0.2) is 26.2 Å². The number of benzene rings is 1. The fourth-order valence-corrected chi connectivity index (χ4v) is 2.86. The molecule has 0 fully saturated rings. The minimum atomic E-state index is -0.187. The second kappa shape index (κ2) is 7.95. The first-order chi connectivity index (χ1) is 12.1. The predicted octanol–water partition coefficient (Wildman–Crippen LogP) is 1.65. The van der Waals surface area contributed by atoms with E-state index in [2.05, 4.69) is 25.7 Å². The number of carbonyl (C=O) groups excluding carboxylic acids is 1. The molecule has 0 aliphatic rings. The maximum atomic E-state index is 12.0. The van der Waals surface area contributed by atoms with Gasteiger partial charge in [0.2, 0.25) is 11.8 Å². The average molecular weight is 358 g/mol. The first-order valence-electron chi connectivity index (χ1n) is 7.81. The highest BCUT2D eigenvalue weighted by atomic mass is 32.1. The van der Waals surface area contributed by atoms with E-state index < -0.39 is 0 Å². The Morgan fingerprint density at radius 1 is 1.20 bits per heavy atom. The minimum absolute atomic E-state index is 0.0630. The molecule has 0 aliphatic heterocycles. The predicted molar refractivity (Wildman–Crippen MR) is 93.0 cm³/mol. The molecule has 2 heterocycles. The van der Waals surface area contributed by atoms with Crippen molar-refractivity contribution in [1.29, 1.82) is 0 Å². The number of hydrogen-bond donors (Lipinski definition) is 2. The van der Waals surface area contributed by atoms with Crippen LogP contribution in [0.1, 0.15) is 27.3 Å². The summed E-state index contributed by atoms with van der Waals surface area (Å²) in [5.41, 5.74) is 7.39. The van der Waals surface area contributed by atoms with Gasteiger partial charge in [-0.05, 0) is 19.1 Å². The highest BCUT2D eigenvalue weighted by Gasteiger charge is 2.12. The molecule has 0 unspecified atom stereocenters. The zero-order valence-corrected chi connectivity index (χ0v) is 14.5. The molecule has 0 saturated heterocycles. The zero-order valence-electron chi connectivity index (χ0n) is 13.7. The number of nitrogens with one attached hydrogen (secondary N) is 1. The van der Waals surface area contributed by atoms with E-state index in [-0.39, 0.29) is 12.3 Å². The molecule has 0 bridgehead atoms. The van der Waals surface area contributed by atoms with Gasteiger partial charge in [-0.3, -0.25) is 4.79 Å². The first-order valence-corrected chi connectivity index (χ1v) is 8.63. The topological polar surface area (TPSA) is 120 Å². The van der Waals surface area contributed by atoms with Crippen LogP contribution in [0.3, 0.4) is 0 Å². The summed E-state index contributed by atoms with van der Waals surface area (Å²) in [6, 6.07) is 7.58. The largest absolute Gasteiger partial charge is 0.339 e. The molecular weight excluding hydrogens is 340 g/mol. The molecule has 3 aromatic rings. The van der Waals surface area contributed by atoms with E-state index in [4.69, 9.17) is 10.3 Å². The molecule has 1 aromatic carbocycles. The average Bonchev–Trinajstić information content (AvgIpc) is 3.24. The van der Waals surface area contributed by atoms with Crippen LogP contribution >= 0.6 is 11.3 Å². The minimum Gasteiger partial charge on any atom is -0.339 e. The molecular formula is C16H18N6O2S. The molecule has 8 nitrogen and oxygen atoms in total. The Balaban J connectivity index is 1.50. The van der Waals surface area contributed by atoms with Crippen molar-refractivity contribution in [2.24, 2.45) is 5.73 Å². The standard InChI is InChI=1S/C16H18N6O2S/c1-10-2-4-11(5-3-10)18-13(23)8-12-19-14(24-22-12)6-7-15-20-21-16(9-17)25-15/h2-5H,6-9,17H2,1H3,(H,18,23). The van der Waals surface area contributed by atoms with Crippen LogP contribution in [0.25, 0.3) is 0 Å².